The van der Waals surface area contributed by atoms with Crippen LogP contribution in [0.15, 0.2) is 114 Å². The normalized spacial score (nSPS) is 11.5. The average Bonchev–Trinajstić information content (AvgIpc) is 3.30. The molecule has 0 radical (unpaired) electrons. The lowest BCUT2D eigenvalue weighted by Gasteiger charge is -2.12. The summed E-state index contributed by atoms with van der Waals surface area (Å²) in [6.07, 6.45) is 0. The number of rotatable bonds is 3. The topological polar surface area (TPSA) is 51.8 Å². The van der Waals surface area contributed by atoms with E-state index in [0.29, 0.717) is 11.6 Å². The highest BCUT2D eigenvalue weighted by Crippen LogP contribution is 2.36. The summed E-state index contributed by atoms with van der Waals surface area (Å²) in [6.45, 7) is 0. The molecule has 0 saturated carbocycles. The summed E-state index contributed by atoms with van der Waals surface area (Å²) < 4.78 is 5.98. The Kier molecular flexibility index (Phi) is 4.79. The van der Waals surface area contributed by atoms with Crippen LogP contribution in [0.5, 0.6) is 0 Å². The molecule has 0 amide bonds. The highest BCUT2D eigenvalue weighted by Gasteiger charge is 2.16. The van der Waals surface area contributed by atoms with E-state index in [2.05, 4.69) is 64.6 Å². The lowest BCUT2D eigenvalue weighted by molar-refractivity contribution is 0.669. The van der Waals surface area contributed by atoms with Crippen LogP contribution in [0.1, 0.15) is 0 Å². The van der Waals surface area contributed by atoms with Crippen molar-refractivity contribution in [1.29, 1.82) is 0 Å². The fourth-order valence-corrected chi connectivity index (χ4v) is 5.00. The number of halogens is 1. The summed E-state index contributed by atoms with van der Waals surface area (Å²) in [5.41, 5.74) is 5.58. The molecular formula is C31H18ClN3O. The van der Waals surface area contributed by atoms with E-state index in [0.717, 1.165) is 44.2 Å². The molecule has 0 aliphatic rings. The van der Waals surface area contributed by atoms with Gasteiger partial charge < -0.3 is 4.42 Å². The van der Waals surface area contributed by atoms with Crippen molar-refractivity contribution in [2.24, 2.45) is 0 Å². The van der Waals surface area contributed by atoms with Crippen molar-refractivity contribution in [3.8, 4) is 33.9 Å². The van der Waals surface area contributed by atoms with Gasteiger partial charge in [-0.15, -0.1) is 0 Å². The molecule has 5 heteroatoms. The minimum absolute atomic E-state index is 0.153. The molecule has 36 heavy (non-hydrogen) atoms. The van der Waals surface area contributed by atoms with Gasteiger partial charge in [0.1, 0.15) is 11.2 Å². The van der Waals surface area contributed by atoms with Gasteiger partial charge in [-0.2, -0.15) is 9.97 Å². The molecule has 0 bridgehead atoms. The second-order valence-corrected chi connectivity index (χ2v) is 8.97. The quantitative estimate of drug-likeness (QED) is 0.252. The van der Waals surface area contributed by atoms with Gasteiger partial charge in [-0.3, -0.25) is 0 Å². The van der Waals surface area contributed by atoms with Crippen LogP contribution in [0.4, 0.5) is 0 Å². The molecule has 0 saturated heterocycles. The zero-order valence-corrected chi connectivity index (χ0v) is 19.8. The minimum Gasteiger partial charge on any atom is -0.456 e. The summed E-state index contributed by atoms with van der Waals surface area (Å²) in [4.78, 5) is 13.9. The third kappa shape index (κ3) is 3.43. The second kappa shape index (κ2) is 8.29. The zero-order valence-electron chi connectivity index (χ0n) is 19.0. The van der Waals surface area contributed by atoms with E-state index in [-0.39, 0.29) is 5.28 Å². The molecule has 0 atom stereocenters. The van der Waals surface area contributed by atoms with Crippen LogP contribution >= 0.6 is 11.6 Å². The van der Waals surface area contributed by atoms with Gasteiger partial charge in [0.05, 0.1) is 0 Å². The van der Waals surface area contributed by atoms with Crippen LogP contribution in [0, 0.1) is 0 Å². The van der Waals surface area contributed by atoms with E-state index in [4.69, 9.17) is 21.0 Å². The number of hydrogen-bond acceptors (Lipinski definition) is 4. The van der Waals surface area contributed by atoms with E-state index in [1.807, 2.05) is 54.6 Å². The van der Waals surface area contributed by atoms with Crippen molar-refractivity contribution in [2.45, 2.75) is 0 Å². The molecule has 2 aromatic heterocycles. The first-order chi connectivity index (χ1) is 17.7. The molecule has 7 aromatic rings. The molecule has 0 aliphatic heterocycles. The Morgan fingerprint density at radius 3 is 2.08 bits per heavy atom. The van der Waals surface area contributed by atoms with Gasteiger partial charge in [-0.25, -0.2) is 4.98 Å². The summed E-state index contributed by atoms with van der Waals surface area (Å²) in [5, 5.41) is 4.57. The summed E-state index contributed by atoms with van der Waals surface area (Å²) in [6, 6.07) is 36.8. The number of benzene rings is 5. The monoisotopic (exact) mass is 483 g/mol. The molecule has 0 spiro atoms. The van der Waals surface area contributed by atoms with Gasteiger partial charge in [0.2, 0.25) is 5.28 Å². The van der Waals surface area contributed by atoms with Crippen LogP contribution in [-0.4, -0.2) is 15.0 Å². The van der Waals surface area contributed by atoms with Crippen molar-refractivity contribution >= 4 is 44.3 Å². The molecule has 170 valence electrons. The average molecular weight is 484 g/mol. The fourth-order valence-electron chi connectivity index (χ4n) is 4.84. The largest absolute Gasteiger partial charge is 0.456 e. The van der Waals surface area contributed by atoms with E-state index < -0.39 is 0 Å². The van der Waals surface area contributed by atoms with E-state index in [9.17, 15) is 0 Å². The maximum atomic E-state index is 6.45. The number of aromatic nitrogens is 3. The van der Waals surface area contributed by atoms with E-state index in [1.165, 1.54) is 10.8 Å². The Morgan fingerprint density at radius 1 is 0.500 bits per heavy atom. The lowest BCUT2D eigenvalue weighted by Crippen LogP contribution is -1.98. The van der Waals surface area contributed by atoms with Crippen molar-refractivity contribution in [3.63, 3.8) is 0 Å². The predicted molar refractivity (Wildman–Crippen MR) is 146 cm³/mol. The van der Waals surface area contributed by atoms with Crippen molar-refractivity contribution < 1.29 is 4.42 Å². The molecule has 0 unspecified atom stereocenters. The van der Waals surface area contributed by atoms with Crippen molar-refractivity contribution in [3.05, 3.63) is 114 Å². The molecule has 0 N–H and O–H groups in total. The maximum Gasteiger partial charge on any atom is 0.226 e. The molecule has 0 aliphatic carbocycles. The molecule has 4 nitrogen and oxygen atoms in total. The SMILES string of the molecule is Clc1nc(-c2ccc3oc4ccccc4c3c2)nc(-c2ccccc2-c2cccc3ccccc23)n1. The minimum atomic E-state index is 0.153. The third-order valence-corrected chi connectivity index (χ3v) is 6.66. The standard InChI is InChI=1S/C31H18ClN3O/c32-31-34-29(20-16-17-28-26(18-20)24-12-5-6-15-27(24)36-28)33-30(35-31)25-13-4-3-11-23(25)22-14-7-9-19-8-1-2-10-21(19)22/h1-18H. The first kappa shape index (κ1) is 20.8. The van der Waals surface area contributed by atoms with Gasteiger partial charge >= 0.3 is 0 Å². The number of hydrogen-bond donors (Lipinski definition) is 0. The Labute approximate surface area is 211 Å². The van der Waals surface area contributed by atoms with E-state index >= 15 is 0 Å². The molecule has 7 rings (SSSR count). The van der Waals surface area contributed by atoms with Gasteiger partial charge in [0.15, 0.2) is 11.6 Å². The summed E-state index contributed by atoms with van der Waals surface area (Å²) in [7, 11) is 0. The van der Waals surface area contributed by atoms with Gasteiger partial charge in [-0.05, 0) is 57.8 Å². The molecule has 0 fully saturated rings. The van der Waals surface area contributed by atoms with Gasteiger partial charge in [-0.1, -0.05) is 84.9 Å². The van der Waals surface area contributed by atoms with Crippen LogP contribution in [-0.2, 0) is 0 Å². The summed E-state index contributed by atoms with van der Waals surface area (Å²) >= 11 is 6.45. The summed E-state index contributed by atoms with van der Waals surface area (Å²) in [5.74, 6) is 1.05. The Morgan fingerprint density at radius 2 is 1.17 bits per heavy atom. The predicted octanol–water partition coefficient (Wildman–Crippen LogP) is 8.58. The van der Waals surface area contributed by atoms with Crippen LogP contribution in [0.2, 0.25) is 5.28 Å². The zero-order chi connectivity index (χ0) is 24.1. The molecule has 2 heterocycles. The Balaban J connectivity index is 1.41. The number of nitrogens with zero attached hydrogens (tertiary/aromatic N) is 3. The highest BCUT2D eigenvalue weighted by molar-refractivity contribution is 6.28. The van der Waals surface area contributed by atoms with Crippen molar-refractivity contribution in [2.75, 3.05) is 0 Å². The second-order valence-electron chi connectivity index (χ2n) is 8.63. The van der Waals surface area contributed by atoms with Crippen LogP contribution in [0.3, 0.4) is 0 Å². The number of fused-ring (bicyclic) bond motifs is 4. The number of para-hydroxylation sites is 1. The third-order valence-electron chi connectivity index (χ3n) is 6.49. The number of furan rings is 1. The maximum absolute atomic E-state index is 6.45. The first-order valence-corrected chi connectivity index (χ1v) is 12.0. The molecule has 5 aromatic carbocycles. The molecular weight excluding hydrogens is 466 g/mol. The van der Waals surface area contributed by atoms with E-state index in [1.54, 1.807) is 0 Å². The fraction of sp³-hybridized carbons (Fsp3) is 0. The van der Waals surface area contributed by atoms with Gasteiger partial charge in [0, 0.05) is 21.9 Å². The highest BCUT2D eigenvalue weighted by atomic mass is 35.5. The van der Waals surface area contributed by atoms with Crippen LogP contribution < -0.4 is 0 Å². The smallest absolute Gasteiger partial charge is 0.226 e. The first-order valence-electron chi connectivity index (χ1n) is 11.7. The van der Waals surface area contributed by atoms with Crippen molar-refractivity contribution in [1.82, 2.24) is 15.0 Å². The van der Waals surface area contributed by atoms with Crippen LogP contribution in [0.25, 0.3) is 66.6 Å². The van der Waals surface area contributed by atoms with Gasteiger partial charge in [0.25, 0.3) is 0 Å². The lowest BCUT2D eigenvalue weighted by atomic mass is 9.94. The Hall–Kier alpha value is -4.54. The Bertz CT molecular complexity index is 1920.